The Morgan fingerprint density at radius 2 is 2.16 bits per heavy atom. The summed E-state index contributed by atoms with van der Waals surface area (Å²) in [6.45, 7) is 3.19. The second kappa shape index (κ2) is 5.15. The van der Waals surface area contributed by atoms with Crippen molar-refractivity contribution in [2.24, 2.45) is 0 Å². The maximum atomic E-state index is 12.0. The van der Waals surface area contributed by atoms with Gasteiger partial charge in [0.15, 0.2) is 10.9 Å². The van der Waals surface area contributed by atoms with Crippen LogP contribution in [0.4, 0.5) is 10.9 Å². The Kier molecular flexibility index (Phi) is 3.57. The van der Waals surface area contributed by atoms with Crippen LogP contribution in [-0.4, -0.2) is 21.7 Å². The number of nitrogens with zero attached hydrogens (tertiary/aromatic N) is 2. The van der Waals surface area contributed by atoms with Gasteiger partial charge in [-0.1, -0.05) is 11.3 Å². The zero-order valence-electron chi connectivity index (χ0n) is 10.4. The van der Waals surface area contributed by atoms with Crippen molar-refractivity contribution in [3.8, 4) is 0 Å². The molecule has 0 fully saturated rings. The first-order valence-corrected chi connectivity index (χ1v) is 6.31. The van der Waals surface area contributed by atoms with Crippen molar-refractivity contribution in [3.63, 3.8) is 0 Å². The Morgan fingerprint density at radius 1 is 1.42 bits per heavy atom. The largest absolute Gasteiger partial charge is 0.383 e. The third-order valence-electron chi connectivity index (χ3n) is 2.42. The highest BCUT2D eigenvalue weighted by Crippen LogP contribution is 2.23. The molecule has 0 spiro atoms. The monoisotopic (exact) mass is 276 g/mol. The average molecular weight is 276 g/mol. The summed E-state index contributed by atoms with van der Waals surface area (Å²) in [4.78, 5) is 31.8. The van der Waals surface area contributed by atoms with Crippen molar-refractivity contribution in [3.05, 3.63) is 34.5 Å². The minimum Gasteiger partial charge on any atom is -0.383 e. The molecule has 0 saturated heterocycles. The molecule has 2 aromatic rings. The number of anilines is 2. The van der Waals surface area contributed by atoms with E-state index in [2.05, 4.69) is 15.3 Å². The van der Waals surface area contributed by atoms with Gasteiger partial charge in [0.05, 0.1) is 16.1 Å². The first kappa shape index (κ1) is 13.2. The number of pyridine rings is 1. The number of nitrogens with one attached hydrogen (secondary N) is 1. The van der Waals surface area contributed by atoms with Crippen molar-refractivity contribution < 1.29 is 9.59 Å². The number of aryl methyl sites for hydroxylation is 1. The predicted molar refractivity (Wildman–Crippen MR) is 73.5 cm³/mol. The molecule has 2 heterocycles. The number of amides is 1. The molecule has 98 valence electrons. The summed E-state index contributed by atoms with van der Waals surface area (Å²) in [5.41, 5.74) is 6.50. The van der Waals surface area contributed by atoms with Gasteiger partial charge in [-0.25, -0.2) is 9.97 Å². The number of nitrogen functional groups attached to an aromatic ring is 1. The van der Waals surface area contributed by atoms with E-state index in [0.717, 1.165) is 11.3 Å². The molecule has 0 aliphatic carbocycles. The zero-order valence-corrected chi connectivity index (χ0v) is 11.2. The third-order valence-corrected chi connectivity index (χ3v) is 3.59. The molecule has 2 aromatic heterocycles. The highest BCUT2D eigenvalue weighted by atomic mass is 32.1. The summed E-state index contributed by atoms with van der Waals surface area (Å²) in [5, 5.41) is 2.98. The Morgan fingerprint density at radius 3 is 2.74 bits per heavy atom. The van der Waals surface area contributed by atoms with E-state index in [1.54, 1.807) is 19.1 Å². The topological polar surface area (TPSA) is 98.0 Å². The van der Waals surface area contributed by atoms with Crippen molar-refractivity contribution in [1.29, 1.82) is 0 Å². The molecule has 3 N–H and O–H groups in total. The summed E-state index contributed by atoms with van der Waals surface area (Å²) in [7, 11) is 0. The number of hydrogen-bond donors (Lipinski definition) is 2. The predicted octanol–water partition coefficient (Wildman–Crippen LogP) is 1.88. The fraction of sp³-hybridized carbons (Fsp3) is 0.167. The van der Waals surface area contributed by atoms with Crippen LogP contribution < -0.4 is 11.1 Å². The second-order valence-corrected chi connectivity index (χ2v) is 4.88. The molecule has 1 amide bonds. The molecule has 2 rings (SSSR count). The van der Waals surface area contributed by atoms with E-state index in [-0.39, 0.29) is 17.2 Å². The highest BCUT2D eigenvalue weighted by Gasteiger charge is 2.15. The molecule has 0 atom stereocenters. The lowest BCUT2D eigenvalue weighted by Gasteiger charge is -2.03. The molecule has 0 bridgehead atoms. The van der Waals surface area contributed by atoms with Gasteiger partial charge in [0.25, 0.3) is 5.91 Å². The van der Waals surface area contributed by atoms with Crippen LogP contribution in [0.25, 0.3) is 0 Å². The highest BCUT2D eigenvalue weighted by molar-refractivity contribution is 7.17. The molecule has 19 heavy (non-hydrogen) atoms. The Balaban J connectivity index is 2.22. The van der Waals surface area contributed by atoms with Gasteiger partial charge in [0.2, 0.25) is 0 Å². The van der Waals surface area contributed by atoms with E-state index in [0.29, 0.717) is 15.7 Å². The number of nitrogens with two attached hydrogens (primary N) is 1. The van der Waals surface area contributed by atoms with E-state index in [1.807, 2.05) is 0 Å². The van der Waals surface area contributed by atoms with Crippen molar-refractivity contribution in [1.82, 2.24) is 9.97 Å². The molecule has 7 heteroatoms. The summed E-state index contributed by atoms with van der Waals surface area (Å²) >= 11 is 1.14. The first-order chi connectivity index (χ1) is 8.99. The van der Waals surface area contributed by atoms with Crippen molar-refractivity contribution >= 4 is 34.0 Å². The van der Waals surface area contributed by atoms with Gasteiger partial charge in [-0.3, -0.25) is 14.9 Å². The first-order valence-electron chi connectivity index (χ1n) is 5.49. The van der Waals surface area contributed by atoms with Gasteiger partial charge in [-0.15, -0.1) is 0 Å². The van der Waals surface area contributed by atoms with Gasteiger partial charge in [0.1, 0.15) is 5.82 Å². The zero-order chi connectivity index (χ0) is 14.0. The van der Waals surface area contributed by atoms with Crippen LogP contribution in [0.5, 0.6) is 0 Å². The number of aromatic nitrogens is 2. The third kappa shape index (κ3) is 2.76. The molecular formula is C12H12N4O2S. The van der Waals surface area contributed by atoms with E-state index in [9.17, 15) is 9.59 Å². The summed E-state index contributed by atoms with van der Waals surface area (Å²) in [6, 6.07) is 3.20. The molecular weight excluding hydrogens is 264 g/mol. The van der Waals surface area contributed by atoms with E-state index in [4.69, 9.17) is 5.73 Å². The lowest BCUT2D eigenvalue weighted by Crippen LogP contribution is -2.14. The van der Waals surface area contributed by atoms with Crippen molar-refractivity contribution in [2.75, 3.05) is 11.1 Å². The maximum absolute atomic E-state index is 12.0. The van der Waals surface area contributed by atoms with Crippen LogP contribution >= 0.6 is 11.3 Å². The summed E-state index contributed by atoms with van der Waals surface area (Å²) < 4.78 is 0. The Hall–Kier alpha value is -2.28. The minimum atomic E-state index is -0.394. The number of rotatable bonds is 3. The van der Waals surface area contributed by atoms with E-state index in [1.165, 1.54) is 13.1 Å². The molecule has 0 aromatic carbocycles. The Labute approximate surface area is 113 Å². The van der Waals surface area contributed by atoms with E-state index < -0.39 is 5.91 Å². The van der Waals surface area contributed by atoms with Gasteiger partial charge >= 0.3 is 0 Å². The van der Waals surface area contributed by atoms with Gasteiger partial charge in [-0.2, -0.15) is 0 Å². The van der Waals surface area contributed by atoms with Crippen molar-refractivity contribution in [2.45, 2.75) is 13.8 Å². The fourth-order valence-corrected chi connectivity index (χ4v) is 2.41. The number of Topliss-reactive ketones (excluding diaryl/α,β-unsaturated/α-hetero) is 1. The molecule has 0 radical (unpaired) electrons. The van der Waals surface area contributed by atoms with Gasteiger partial charge in [-0.05, 0) is 19.1 Å². The number of hydrogen-bond acceptors (Lipinski definition) is 6. The molecule has 0 unspecified atom stereocenters. The van der Waals surface area contributed by atoms with Crippen LogP contribution in [0.1, 0.15) is 32.6 Å². The molecule has 0 aliphatic rings. The number of carbonyl (C=O) groups excluding carboxylic acids is 2. The second-order valence-electron chi connectivity index (χ2n) is 3.88. The lowest BCUT2D eigenvalue weighted by molar-refractivity contribution is 0.101. The molecule has 6 nitrogen and oxygen atoms in total. The smallest absolute Gasteiger partial charge is 0.261 e. The number of carbonyl (C=O) groups is 2. The van der Waals surface area contributed by atoms with Crippen LogP contribution in [-0.2, 0) is 0 Å². The van der Waals surface area contributed by atoms with Crippen LogP contribution in [0.15, 0.2) is 18.3 Å². The summed E-state index contributed by atoms with van der Waals surface area (Å²) in [5.74, 6) is -0.314. The van der Waals surface area contributed by atoms with Crippen LogP contribution in [0.2, 0.25) is 0 Å². The van der Waals surface area contributed by atoms with Crippen LogP contribution in [0.3, 0.4) is 0 Å². The van der Waals surface area contributed by atoms with Gasteiger partial charge < -0.3 is 5.73 Å². The maximum Gasteiger partial charge on any atom is 0.261 e. The number of ketones is 1. The minimum absolute atomic E-state index is 0.0728. The normalized spacial score (nSPS) is 10.2. The standard InChI is InChI=1S/C12H12N4O2S/c1-6-9(7(2)17)19-12(15-6)16-11(18)8-4-3-5-14-10(8)13/h3-5H,1-2H3,(H2,13,14)(H,15,16,18). The molecule has 0 saturated carbocycles. The van der Waals surface area contributed by atoms with Crippen LogP contribution in [0, 0.1) is 6.92 Å². The number of thiazole rings is 1. The quantitative estimate of drug-likeness (QED) is 0.834. The Bertz CT molecular complexity index is 651. The van der Waals surface area contributed by atoms with Gasteiger partial charge in [0, 0.05) is 13.1 Å². The average Bonchev–Trinajstić information content (AvgIpc) is 2.70. The lowest BCUT2D eigenvalue weighted by atomic mass is 10.2. The summed E-state index contributed by atoms with van der Waals surface area (Å²) in [6.07, 6.45) is 1.51. The van der Waals surface area contributed by atoms with E-state index >= 15 is 0 Å². The fourth-order valence-electron chi connectivity index (χ4n) is 1.55. The SMILES string of the molecule is CC(=O)c1sc(NC(=O)c2cccnc2N)nc1C. The molecule has 0 aliphatic heterocycles.